The maximum atomic E-state index is 14.7. The Kier molecular flexibility index (Phi) is 6.20. The molecule has 1 saturated carbocycles. The molecule has 2 saturated heterocycles. The van der Waals surface area contributed by atoms with Crippen molar-refractivity contribution in [1.29, 1.82) is 0 Å². The van der Waals surface area contributed by atoms with E-state index >= 15 is 0 Å². The number of carbonyl (C=O) groups is 1. The molecule has 6 nitrogen and oxygen atoms in total. The minimum absolute atomic E-state index is 0.0573. The van der Waals surface area contributed by atoms with E-state index in [-0.39, 0.29) is 35.3 Å². The van der Waals surface area contributed by atoms with Crippen molar-refractivity contribution in [2.75, 3.05) is 13.1 Å². The van der Waals surface area contributed by atoms with Crippen LogP contribution in [0.25, 0.3) is 0 Å². The standard InChI is InChI=1S/C24H28FN3O3S/c1-15-30-24(31-15)18-12-26-28(14-18)11-8-17-13-27(10-9-21(17)32)22(23(29)16-6-7-16)19-4-2-3-5-20(19)25/h2-5,8,12,14-16,21-22,24,32H,6-7,9-11,13H2,1H3/b17-8+. The molecule has 0 amide bonds. The van der Waals surface area contributed by atoms with Crippen molar-refractivity contribution in [2.24, 2.45) is 5.92 Å². The highest BCUT2D eigenvalue weighted by Gasteiger charge is 2.40. The van der Waals surface area contributed by atoms with Crippen molar-refractivity contribution in [3.05, 3.63) is 65.3 Å². The summed E-state index contributed by atoms with van der Waals surface area (Å²) < 4.78 is 27.5. The number of benzene rings is 1. The van der Waals surface area contributed by atoms with Crippen LogP contribution in [0.3, 0.4) is 0 Å². The lowest BCUT2D eigenvalue weighted by molar-refractivity contribution is -0.382. The van der Waals surface area contributed by atoms with Gasteiger partial charge in [0.1, 0.15) is 5.82 Å². The van der Waals surface area contributed by atoms with Crippen molar-refractivity contribution in [3.8, 4) is 0 Å². The fourth-order valence-electron chi connectivity index (χ4n) is 4.46. The van der Waals surface area contributed by atoms with Crippen LogP contribution in [-0.4, -0.2) is 45.1 Å². The highest BCUT2D eigenvalue weighted by molar-refractivity contribution is 7.81. The molecule has 0 spiro atoms. The van der Waals surface area contributed by atoms with Crippen LogP contribution in [0.15, 0.2) is 48.3 Å². The first-order chi connectivity index (χ1) is 15.5. The molecule has 0 bridgehead atoms. The number of rotatable bonds is 7. The Bertz CT molecular complexity index is 1020. The Hall–Kier alpha value is -2.00. The number of piperidine rings is 1. The highest BCUT2D eigenvalue weighted by Crippen LogP contribution is 2.39. The number of likely N-dealkylation sites (tertiary alicyclic amines) is 1. The third-order valence-electron chi connectivity index (χ3n) is 6.41. The monoisotopic (exact) mass is 457 g/mol. The number of ketones is 1. The summed E-state index contributed by atoms with van der Waals surface area (Å²) in [6, 6.07) is 6.11. The van der Waals surface area contributed by atoms with Gasteiger partial charge in [0, 0.05) is 41.6 Å². The number of nitrogens with zero attached hydrogens (tertiary/aromatic N) is 3. The van der Waals surface area contributed by atoms with Crippen molar-refractivity contribution < 1.29 is 18.7 Å². The molecule has 1 aliphatic carbocycles. The van der Waals surface area contributed by atoms with E-state index in [9.17, 15) is 9.18 Å². The summed E-state index contributed by atoms with van der Waals surface area (Å²) in [5.74, 6) is -0.121. The van der Waals surface area contributed by atoms with E-state index in [4.69, 9.17) is 22.1 Å². The number of allylic oxidation sites excluding steroid dienone is 1. The van der Waals surface area contributed by atoms with Crippen LogP contribution in [0.2, 0.25) is 0 Å². The molecule has 1 aromatic heterocycles. The SMILES string of the molecule is CC1OC(c2cnn(C/C=C3\CN(C(C(=O)C4CC4)c4ccccc4F)CCC3S)c2)O1. The molecule has 1 aromatic carbocycles. The smallest absolute Gasteiger partial charge is 0.192 e. The fourth-order valence-corrected chi connectivity index (χ4v) is 4.76. The van der Waals surface area contributed by atoms with Gasteiger partial charge in [-0.25, -0.2) is 4.39 Å². The van der Waals surface area contributed by atoms with Crippen molar-refractivity contribution in [1.82, 2.24) is 14.7 Å². The molecule has 2 aliphatic heterocycles. The number of hydrogen-bond donors (Lipinski definition) is 1. The first kappa shape index (κ1) is 21.8. The summed E-state index contributed by atoms with van der Waals surface area (Å²) in [5, 5.41) is 4.51. The number of thiol groups is 1. The second-order valence-corrected chi connectivity index (χ2v) is 9.45. The summed E-state index contributed by atoms with van der Waals surface area (Å²) in [7, 11) is 0. The summed E-state index contributed by atoms with van der Waals surface area (Å²) in [4.78, 5) is 15.3. The predicted molar refractivity (Wildman–Crippen MR) is 121 cm³/mol. The second-order valence-electron chi connectivity index (χ2n) is 8.82. The van der Waals surface area contributed by atoms with Crippen LogP contribution in [0.1, 0.15) is 49.6 Å². The Morgan fingerprint density at radius 2 is 2.09 bits per heavy atom. The molecule has 2 aromatic rings. The molecule has 170 valence electrons. The van der Waals surface area contributed by atoms with E-state index in [0.717, 1.165) is 30.4 Å². The first-order valence-corrected chi connectivity index (χ1v) is 11.7. The molecular formula is C24H28FN3O3S. The van der Waals surface area contributed by atoms with E-state index in [1.54, 1.807) is 24.4 Å². The lowest BCUT2D eigenvalue weighted by Crippen LogP contribution is -2.42. The zero-order valence-corrected chi connectivity index (χ0v) is 19.0. The van der Waals surface area contributed by atoms with Crippen LogP contribution in [0.5, 0.6) is 0 Å². The lowest BCUT2D eigenvalue weighted by Gasteiger charge is -2.37. The molecule has 8 heteroatoms. The zero-order chi connectivity index (χ0) is 22.2. The number of Topliss-reactive ketones (excluding diaryl/α,β-unsaturated/α-hetero) is 1. The van der Waals surface area contributed by atoms with Crippen molar-refractivity contribution >= 4 is 18.4 Å². The molecule has 3 aliphatic rings. The van der Waals surface area contributed by atoms with Gasteiger partial charge in [-0.1, -0.05) is 24.3 Å². The molecule has 2 unspecified atom stereocenters. The van der Waals surface area contributed by atoms with Gasteiger partial charge in [-0.15, -0.1) is 0 Å². The van der Waals surface area contributed by atoms with Crippen LogP contribution < -0.4 is 0 Å². The van der Waals surface area contributed by atoms with Crippen LogP contribution >= 0.6 is 12.6 Å². The molecule has 5 rings (SSSR count). The van der Waals surface area contributed by atoms with E-state index in [0.29, 0.717) is 25.2 Å². The summed E-state index contributed by atoms with van der Waals surface area (Å²) in [6.07, 6.45) is 7.89. The Morgan fingerprint density at radius 1 is 1.31 bits per heavy atom. The number of carbonyl (C=O) groups excluding carboxylic acids is 1. The minimum atomic E-state index is -0.542. The summed E-state index contributed by atoms with van der Waals surface area (Å²) in [5.41, 5.74) is 2.50. The van der Waals surface area contributed by atoms with Gasteiger partial charge in [0.2, 0.25) is 0 Å². The Balaban J connectivity index is 1.32. The average Bonchev–Trinajstić information content (AvgIpc) is 3.51. The molecule has 0 radical (unpaired) electrons. The van der Waals surface area contributed by atoms with Crippen LogP contribution in [-0.2, 0) is 20.8 Å². The van der Waals surface area contributed by atoms with Crippen LogP contribution in [0.4, 0.5) is 4.39 Å². The summed E-state index contributed by atoms with van der Waals surface area (Å²) >= 11 is 4.77. The Morgan fingerprint density at radius 3 is 2.81 bits per heavy atom. The van der Waals surface area contributed by atoms with Gasteiger partial charge in [0.15, 0.2) is 18.4 Å². The molecule has 3 heterocycles. The fraction of sp³-hybridized carbons (Fsp3) is 0.500. The molecule has 2 atom stereocenters. The highest BCUT2D eigenvalue weighted by atomic mass is 32.1. The molecular weight excluding hydrogens is 429 g/mol. The van der Waals surface area contributed by atoms with Gasteiger partial charge >= 0.3 is 0 Å². The third-order valence-corrected chi connectivity index (χ3v) is 7.00. The second kappa shape index (κ2) is 9.09. The van der Waals surface area contributed by atoms with Gasteiger partial charge in [0.05, 0.1) is 18.8 Å². The zero-order valence-electron chi connectivity index (χ0n) is 18.1. The number of ether oxygens (including phenoxy) is 2. The average molecular weight is 458 g/mol. The molecule has 3 fully saturated rings. The quantitative estimate of drug-likeness (QED) is 0.502. The maximum Gasteiger partial charge on any atom is 0.192 e. The van der Waals surface area contributed by atoms with Gasteiger partial charge in [-0.05, 0) is 37.8 Å². The van der Waals surface area contributed by atoms with Crippen molar-refractivity contribution in [3.63, 3.8) is 0 Å². The van der Waals surface area contributed by atoms with E-state index < -0.39 is 6.04 Å². The molecule has 32 heavy (non-hydrogen) atoms. The van der Waals surface area contributed by atoms with Crippen molar-refractivity contribution in [2.45, 2.75) is 56.6 Å². The molecule has 0 N–H and O–H groups in total. The predicted octanol–water partition coefficient (Wildman–Crippen LogP) is 4.06. The lowest BCUT2D eigenvalue weighted by atomic mass is 9.93. The maximum absolute atomic E-state index is 14.7. The number of hydrogen-bond acceptors (Lipinski definition) is 6. The van der Waals surface area contributed by atoms with Gasteiger partial charge in [-0.2, -0.15) is 17.7 Å². The minimum Gasteiger partial charge on any atom is -0.319 e. The normalized spacial score (nSPS) is 28.5. The first-order valence-electron chi connectivity index (χ1n) is 11.2. The number of halogens is 1. The van der Waals surface area contributed by atoms with E-state index in [1.807, 2.05) is 17.8 Å². The van der Waals surface area contributed by atoms with Gasteiger partial charge in [-0.3, -0.25) is 14.4 Å². The largest absolute Gasteiger partial charge is 0.319 e. The van der Waals surface area contributed by atoms with E-state index in [2.05, 4.69) is 16.1 Å². The van der Waals surface area contributed by atoms with Gasteiger partial charge in [0.25, 0.3) is 0 Å². The van der Waals surface area contributed by atoms with E-state index in [1.165, 1.54) is 6.07 Å². The number of aromatic nitrogens is 2. The van der Waals surface area contributed by atoms with Gasteiger partial charge < -0.3 is 9.47 Å². The van der Waals surface area contributed by atoms with Crippen LogP contribution in [0, 0.1) is 11.7 Å². The topological polar surface area (TPSA) is 56.6 Å². The summed E-state index contributed by atoms with van der Waals surface area (Å²) in [6.45, 7) is 3.74. The third kappa shape index (κ3) is 4.55. The Labute approximate surface area is 192 Å².